The Kier molecular flexibility index (Phi) is 6.05. The van der Waals surface area contributed by atoms with Gasteiger partial charge in [0.05, 0.1) is 13.0 Å². The Morgan fingerprint density at radius 3 is 2.30 bits per heavy atom. The minimum absolute atomic E-state index is 0.0654. The van der Waals surface area contributed by atoms with Gasteiger partial charge in [0.25, 0.3) is 0 Å². The highest BCUT2D eigenvalue weighted by Crippen LogP contribution is 2.24. The van der Waals surface area contributed by atoms with Crippen molar-refractivity contribution in [2.24, 2.45) is 0 Å². The molecule has 0 N–H and O–H groups in total. The van der Waals surface area contributed by atoms with Crippen LogP contribution in [0, 0.1) is 0 Å². The van der Waals surface area contributed by atoms with Gasteiger partial charge in [-0.25, -0.2) is 0 Å². The van der Waals surface area contributed by atoms with Gasteiger partial charge < -0.3 is 9.03 Å². The number of carbonyl (C=O) groups excluding carboxylic acids is 1. The summed E-state index contributed by atoms with van der Waals surface area (Å²) < 4.78 is 10.0. The fourth-order valence-corrected chi connectivity index (χ4v) is 2.35. The van der Waals surface area contributed by atoms with Gasteiger partial charge in [-0.05, 0) is 29.7 Å². The zero-order valence-corrected chi connectivity index (χ0v) is 14.2. The molecule has 0 bridgehead atoms. The number of carbonyl (C=O) groups is 1. The van der Waals surface area contributed by atoms with E-state index < -0.39 is 5.97 Å². The van der Waals surface area contributed by atoms with Crippen LogP contribution in [0.2, 0.25) is 0 Å². The summed E-state index contributed by atoms with van der Waals surface area (Å²) in [5.74, 6) is 0.397. The Labute approximate surface area is 142 Å². The molecule has 0 saturated carbocycles. The lowest BCUT2D eigenvalue weighted by molar-refractivity contribution is -0.133. The minimum atomic E-state index is -0.420. The summed E-state index contributed by atoms with van der Waals surface area (Å²) >= 11 is 5.01. The van der Waals surface area contributed by atoms with Gasteiger partial charge in [0.2, 0.25) is 0 Å². The zero-order chi connectivity index (χ0) is 16.7. The van der Waals surface area contributed by atoms with Crippen LogP contribution in [0.4, 0.5) is 0 Å². The average Bonchev–Trinajstić information content (AvgIpc) is 2.59. The number of hydrogen-bond donors (Lipinski definition) is 0. The van der Waals surface area contributed by atoms with Gasteiger partial charge >= 0.3 is 5.97 Å². The van der Waals surface area contributed by atoms with Crippen LogP contribution in [0.5, 0.6) is 5.75 Å². The highest BCUT2D eigenvalue weighted by molar-refractivity contribution is 6.13. The van der Waals surface area contributed by atoms with E-state index in [2.05, 4.69) is 30.3 Å². The van der Waals surface area contributed by atoms with Crippen molar-refractivity contribution in [1.29, 1.82) is 0 Å². The third-order valence-electron chi connectivity index (χ3n) is 3.78. The Balaban J connectivity index is 1.90. The number of ether oxygens (including phenoxy) is 1. The summed E-state index contributed by atoms with van der Waals surface area (Å²) in [5, 5.41) is 0. The van der Waals surface area contributed by atoms with E-state index in [0.29, 0.717) is 13.0 Å². The topological polar surface area (TPSA) is 35.5 Å². The largest absolute Gasteiger partial charge is 0.493 e. The number of hydrogen-bond acceptors (Lipinski definition) is 3. The van der Waals surface area contributed by atoms with Crippen molar-refractivity contribution in [2.75, 3.05) is 6.61 Å². The van der Waals surface area contributed by atoms with Crippen molar-refractivity contribution in [1.82, 2.24) is 0 Å². The number of halogens is 1. The lowest BCUT2D eigenvalue weighted by Crippen LogP contribution is -2.26. The number of benzene rings is 2. The first-order valence-electron chi connectivity index (χ1n) is 7.60. The van der Waals surface area contributed by atoms with Crippen LogP contribution < -0.4 is 4.74 Å². The summed E-state index contributed by atoms with van der Waals surface area (Å²) in [6.07, 6.45) is 0.867. The molecular weight excluding hydrogens is 312 g/mol. The lowest BCUT2D eigenvalue weighted by atomic mass is 9.86. The Morgan fingerprint density at radius 2 is 1.70 bits per heavy atom. The Hall–Kier alpha value is -2.00. The molecule has 0 radical (unpaired) electrons. The first kappa shape index (κ1) is 17.4. The van der Waals surface area contributed by atoms with Crippen molar-refractivity contribution < 1.29 is 13.8 Å². The summed E-state index contributed by atoms with van der Waals surface area (Å²) in [7, 11) is 0. The van der Waals surface area contributed by atoms with Crippen LogP contribution in [-0.4, -0.2) is 12.6 Å². The molecule has 3 nitrogen and oxygen atoms in total. The van der Waals surface area contributed by atoms with Gasteiger partial charge in [0.1, 0.15) is 17.6 Å². The molecule has 0 amide bonds. The molecule has 0 spiro atoms. The third kappa shape index (κ3) is 5.29. The normalized spacial score (nSPS) is 11.1. The quantitative estimate of drug-likeness (QED) is 0.739. The second kappa shape index (κ2) is 8.02. The van der Waals surface area contributed by atoms with Crippen LogP contribution in [0.3, 0.4) is 0 Å². The summed E-state index contributed by atoms with van der Waals surface area (Å²) in [6.45, 7) is 4.91. The fourth-order valence-electron chi connectivity index (χ4n) is 2.27. The van der Waals surface area contributed by atoms with Gasteiger partial charge in [0.15, 0.2) is 0 Å². The molecule has 23 heavy (non-hydrogen) atoms. The molecule has 0 atom stereocenters. The first-order chi connectivity index (χ1) is 11.0. The van der Waals surface area contributed by atoms with E-state index >= 15 is 0 Å². The highest BCUT2D eigenvalue weighted by Gasteiger charge is 2.21. The molecule has 122 valence electrons. The second-order valence-corrected chi connectivity index (χ2v) is 6.29. The molecule has 0 saturated heterocycles. The summed E-state index contributed by atoms with van der Waals surface area (Å²) in [5.41, 5.74) is 2.22. The maximum Gasteiger partial charge on any atom is 0.325 e. The van der Waals surface area contributed by atoms with E-state index in [0.717, 1.165) is 11.3 Å². The summed E-state index contributed by atoms with van der Waals surface area (Å²) in [4.78, 5) is 11.0. The summed E-state index contributed by atoms with van der Waals surface area (Å²) in [6, 6.07) is 18.1. The van der Waals surface area contributed by atoms with Crippen LogP contribution in [0.15, 0.2) is 54.6 Å². The predicted molar refractivity (Wildman–Crippen MR) is 91.7 cm³/mol. The standard InChI is InChI=1S/C19H21ClO3/c1-19(2,16-6-4-3-5-7-16)14-22-17-11-8-15(9-12-17)10-13-18(21)23-20/h3-9,11-12H,10,13-14H2,1-2H3. The van der Waals surface area contributed by atoms with Gasteiger partial charge in [0, 0.05) is 5.41 Å². The number of rotatable bonds is 7. The monoisotopic (exact) mass is 332 g/mol. The molecule has 2 rings (SSSR count). The first-order valence-corrected chi connectivity index (χ1v) is 7.91. The molecule has 0 aliphatic heterocycles. The van der Waals surface area contributed by atoms with E-state index in [-0.39, 0.29) is 11.8 Å². The van der Waals surface area contributed by atoms with Gasteiger partial charge in [-0.1, -0.05) is 56.3 Å². The van der Waals surface area contributed by atoms with Crippen LogP contribution >= 0.6 is 11.9 Å². The van der Waals surface area contributed by atoms with Gasteiger partial charge in [-0.2, -0.15) is 0 Å². The van der Waals surface area contributed by atoms with E-state index in [4.69, 9.17) is 16.6 Å². The second-order valence-electron chi connectivity index (χ2n) is 6.13. The minimum Gasteiger partial charge on any atom is -0.493 e. The van der Waals surface area contributed by atoms with Crippen LogP contribution in [-0.2, 0) is 20.9 Å². The van der Waals surface area contributed by atoms with Crippen LogP contribution in [0.1, 0.15) is 31.4 Å². The molecule has 0 unspecified atom stereocenters. The van der Waals surface area contributed by atoms with E-state index in [9.17, 15) is 4.79 Å². The number of aryl methyl sites for hydroxylation is 1. The molecular formula is C19H21ClO3. The fraction of sp³-hybridized carbons (Fsp3) is 0.316. The van der Waals surface area contributed by atoms with Crippen molar-refractivity contribution in [3.63, 3.8) is 0 Å². The molecule has 0 aromatic heterocycles. The average molecular weight is 333 g/mol. The lowest BCUT2D eigenvalue weighted by Gasteiger charge is -2.25. The van der Waals surface area contributed by atoms with Crippen molar-refractivity contribution >= 4 is 17.8 Å². The molecule has 0 heterocycles. The van der Waals surface area contributed by atoms with Crippen molar-refractivity contribution in [3.8, 4) is 5.75 Å². The van der Waals surface area contributed by atoms with Crippen LogP contribution in [0.25, 0.3) is 0 Å². The van der Waals surface area contributed by atoms with Crippen molar-refractivity contribution in [2.45, 2.75) is 32.1 Å². The molecule has 0 fully saturated rings. The smallest absolute Gasteiger partial charge is 0.325 e. The van der Waals surface area contributed by atoms with Gasteiger partial charge in [-0.3, -0.25) is 4.79 Å². The maximum atomic E-state index is 11.0. The van der Waals surface area contributed by atoms with Gasteiger partial charge in [-0.15, -0.1) is 0 Å². The molecule has 0 aliphatic rings. The van der Waals surface area contributed by atoms with E-state index in [1.54, 1.807) is 0 Å². The Bertz CT molecular complexity index is 621. The maximum absolute atomic E-state index is 11.0. The Morgan fingerprint density at radius 1 is 1.04 bits per heavy atom. The van der Waals surface area contributed by atoms with E-state index in [1.807, 2.05) is 42.5 Å². The van der Waals surface area contributed by atoms with Crippen molar-refractivity contribution in [3.05, 3.63) is 65.7 Å². The molecule has 0 aliphatic carbocycles. The zero-order valence-electron chi connectivity index (χ0n) is 13.4. The SMILES string of the molecule is CC(C)(COc1ccc(CCC(=O)OCl)cc1)c1ccccc1. The highest BCUT2D eigenvalue weighted by atomic mass is 35.5. The molecule has 4 heteroatoms. The molecule has 2 aromatic carbocycles. The molecule has 2 aromatic rings. The van der Waals surface area contributed by atoms with E-state index in [1.165, 1.54) is 5.56 Å². The third-order valence-corrected chi connectivity index (χ3v) is 3.95. The predicted octanol–water partition coefficient (Wildman–Crippen LogP) is 4.67.